The van der Waals surface area contributed by atoms with Crippen LogP contribution in [0.1, 0.15) is 11.1 Å². The Kier molecular flexibility index (Phi) is 7.45. The van der Waals surface area contributed by atoms with Gasteiger partial charge in [0, 0.05) is 20.8 Å². The van der Waals surface area contributed by atoms with E-state index in [4.69, 9.17) is 14.2 Å². The summed E-state index contributed by atoms with van der Waals surface area (Å²) in [6.45, 7) is 0.664. The van der Waals surface area contributed by atoms with E-state index in [-0.39, 0.29) is 23.8 Å². The summed E-state index contributed by atoms with van der Waals surface area (Å²) < 4.78 is 16.6. The Balaban J connectivity index is 1.73. The zero-order valence-electron chi connectivity index (χ0n) is 16.8. The highest BCUT2D eigenvalue weighted by Crippen LogP contribution is 2.28. The highest BCUT2D eigenvalue weighted by Gasteiger charge is 2.21. The standard InChI is InChI=1S/C21H24N2O6S/c1-27-17(28-2)12-23(21(26)29-13-14-6-4-3-5-7-14)11-10-15-8-9-16(24)18-19(15)30-20(25)22-18/h3-9,17,24H,10-13H2,1-2H3,(H,22,25). The first-order valence-corrected chi connectivity index (χ1v) is 10.2. The average molecular weight is 432 g/mol. The molecule has 160 valence electrons. The molecule has 8 nitrogen and oxygen atoms in total. The van der Waals surface area contributed by atoms with Crippen LogP contribution in [0.15, 0.2) is 47.3 Å². The quantitative estimate of drug-likeness (QED) is 0.504. The van der Waals surface area contributed by atoms with Gasteiger partial charge in [0.25, 0.3) is 0 Å². The number of benzene rings is 2. The third kappa shape index (κ3) is 5.38. The fourth-order valence-corrected chi connectivity index (χ4v) is 3.92. The first kappa shape index (κ1) is 21.8. The van der Waals surface area contributed by atoms with Gasteiger partial charge in [0.15, 0.2) is 6.29 Å². The van der Waals surface area contributed by atoms with Crippen LogP contribution in [0, 0.1) is 0 Å². The molecule has 0 fully saturated rings. The summed E-state index contributed by atoms with van der Waals surface area (Å²) in [6.07, 6.45) is -0.627. The molecular formula is C21H24N2O6S. The second-order valence-electron chi connectivity index (χ2n) is 6.60. The lowest BCUT2D eigenvalue weighted by Gasteiger charge is -2.25. The second kappa shape index (κ2) is 10.2. The Bertz CT molecular complexity index is 1030. The van der Waals surface area contributed by atoms with Crippen LogP contribution in [0.4, 0.5) is 4.79 Å². The van der Waals surface area contributed by atoms with Crippen LogP contribution in [0.2, 0.25) is 0 Å². The number of aromatic nitrogens is 1. The summed E-state index contributed by atoms with van der Waals surface area (Å²) in [5.74, 6) is 0.0186. The van der Waals surface area contributed by atoms with Gasteiger partial charge >= 0.3 is 11.0 Å². The maximum absolute atomic E-state index is 12.7. The molecule has 2 N–H and O–H groups in total. The Hall–Kier alpha value is -2.88. The normalized spacial score (nSPS) is 11.2. The number of phenols is 1. The molecule has 3 aromatic rings. The molecule has 0 atom stereocenters. The van der Waals surface area contributed by atoms with E-state index >= 15 is 0 Å². The van der Waals surface area contributed by atoms with Crippen LogP contribution < -0.4 is 4.87 Å². The fraction of sp³-hybridized carbons (Fsp3) is 0.333. The van der Waals surface area contributed by atoms with Crippen LogP contribution in [0.25, 0.3) is 10.2 Å². The van der Waals surface area contributed by atoms with E-state index in [1.54, 1.807) is 6.07 Å². The minimum Gasteiger partial charge on any atom is -0.506 e. The van der Waals surface area contributed by atoms with Gasteiger partial charge in [0.1, 0.15) is 17.9 Å². The van der Waals surface area contributed by atoms with E-state index in [0.717, 1.165) is 22.5 Å². The Labute approximate surface area is 177 Å². The van der Waals surface area contributed by atoms with E-state index in [2.05, 4.69) is 4.98 Å². The van der Waals surface area contributed by atoms with Crippen LogP contribution in [0.5, 0.6) is 5.75 Å². The molecule has 2 aromatic carbocycles. The van der Waals surface area contributed by atoms with Crippen LogP contribution in [-0.2, 0) is 27.2 Å². The summed E-state index contributed by atoms with van der Waals surface area (Å²) in [5.41, 5.74) is 2.14. The number of nitrogens with one attached hydrogen (secondary N) is 1. The average Bonchev–Trinajstić information content (AvgIpc) is 3.17. The number of ether oxygens (including phenoxy) is 3. The zero-order chi connectivity index (χ0) is 21.5. The molecule has 1 heterocycles. The molecule has 9 heteroatoms. The van der Waals surface area contributed by atoms with Gasteiger partial charge < -0.3 is 29.2 Å². The number of nitrogens with zero attached hydrogens (tertiary/aromatic N) is 1. The third-order valence-electron chi connectivity index (χ3n) is 4.65. The van der Waals surface area contributed by atoms with Crippen molar-refractivity contribution >= 4 is 27.6 Å². The lowest BCUT2D eigenvalue weighted by Crippen LogP contribution is -2.40. The summed E-state index contributed by atoms with van der Waals surface area (Å²) in [7, 11) is 3.00. The number of phenolic OH excluding ortho intramolecular Hbond substituents is 1. The molecule has 3 rings (SSSR count). The molecule has 0 aliphatic heterocycles. The molecule has 0 bridgehead atoms. The Morgan fingerprint density at radius 2 is 1.90 bits per heavy atom. The van der Waals surface area contributed by atoms with Gasteiger partial charge in [-0.25, -0.2) is 4.79 Å². The lowest BCUT2D eigenvalue weighted by molar-refractivity contribution is -0.113. The zero-order valence-corrected chi connectivity index (χ0v) is 17.6. The van der Waals surface area contributed by atoms with E-state index in [1.807, 2.05) is 30.3 Å². The number of thiazole rings is 1. The molecule has 30 heavy (non-hydrogen) atoms. The second-order valence-corrected chi connectivity index (χ2v) is 7.58. The van der Waals surface area contributed by atoms with Crippen LogP contribution >= 0.6 is 11.3 Å². The van der Waals surface area contributed by atoms with Crippen molar-refractivity contribution in [2.24, 2.45) is 0 Å². The van der Waals surface area contributed by atoms with Crippen molar-refractivity contribution in [3.8, 4) is 5.75 Å². The van der Waals surface area contributed by atoms with Gasteiger partial charge in [-0.1, -0.05) is 47.7 Å². The molecule has 0 radical (unpaired) electrons. The Morgan fingerprint density at radius 3 is 2.60 bits per heavy atom. The number of rotatable bonds is 9. The molecule has 0 aliphatic carbocycles. The first-order chi connectivity index (χ1) is 14.5. The van der Waals surface area contributed by atoms with E-state index < -0.39 is 12.4 Å². The number of aromatic amines is 1. The fourth-order valence-electron chi connectivity index (χ4n) is 3.02. The SMILES string of the molecule is COC(CN(CCc1ccc(O)c2[nH]c(=O)sc12)C(=O)OCc1ccccc1)OC. The van der Waals surface area contributed by atoms with Gasteiger partial charge in [-0.05, 0) is 23.6 Å². The summed E-state index contributed by atoms with van der Waals surface area (Å²) >= 11 is 1.03. The molecule has 0 spiro atoms. The molecule has 0 unspecified atom stereocenters. The van der Waals surface area contributed by atoms with E-state index in [0.29, 0.717) is 23.2 Å². The van der Waals surface area contributed by atoms with Gasteiger partial charge in [-0.3, -0.25) is 4.79 Å². The van der Waals surface area contributed by atoms with E-state index in [9.17, 15) is 14.7 Å². The van der Waals surface area contributed by atoms with Crippen molar-refractivity contribution in [1.82, 2.24) is 9.88 Å². The van der Waals surface area contributed by atoms with Gasteiger partial charge in [0.2, 0.25) is 0 Å². The van der Waals surface area contributed by atoms with Gasteiger partial charge in [-0.15, -0.1) is 0 Å². The topological polar surface area (TPSA) is 101 Å². The largest absolute Gasteiger partial charge is 0.506 e. The van der Waals surface area contributed by atoms with Crippen molar-refractivity contribution < 1.29 is 24.1 Å². The maximum atomic E-state index is 12.7. The lowest BCUT2D eigenvalue weighted by atomic mass is 10.1. The van der Waals surface area contributed by atoms with E-state index in [1.165, 1.54) is 25.2 Å². The number of aromatic hydroxyl groups is 1. The highest BCUT2D eigenvalue weighted by atomic mass is 32.1. The maximum Gasteiger partial charge on any atom is 0.410 e. The number of amides is 1. The van der Waals surface area contributed by atoms with Gasteiger partial charge in [0.05, 0.1) is 11.2 Å². The van der Waals surface area contributed by atoms with Crippen molar-refractivity contribution in [1.29, 1.82) is 0 Å². The number of H-pyrrole nitrogens is 1. The predicted octanol–water partition coefficient (Wildman–Crippen LogP) is 3.10. The van der Waals surface area contributed by atoms with Crippen molar-refractivity contribution in [3.05, 3.63) is 63.3 Å². The van der Waals surface area contributed by atoms with Crippen molar-refractivity contribution in [2.45, 2.75) is 19.3 Å². The van der Waals surface area contributed by atoms with Crippen LogP contribution in [0.3, 0.4) is 0 Å². The molecule has 0 saturated heterocycles. The molecule has 0 saturated carbocycles. The number of methoxy groups -OCH3 is 2. The molecule has 1 aromatic heterocycles. The number of carbonyl (C=O) groups excluding carboxylic acids is 1. The monoisotopic (exact) mass is 432 g/mol. The predicted molar refractivity (Wildman–Crippen MR) is 114 cm³/mol. The van der Waals surface area contributed by atoms with Crippen molar-refractivity contribution in [2.75, 3.05) is 27.3 Å². The Morgan fingerprint density at radius 1 is 1.17 bits per heavy atom. The number of carbonyl (C=O) groups is 1. The first-order valence-electron chi connectivity index (χ1n) is 9.36. The summed E-state index contributed by atoms with van der Waals surface area (Å²) in [4.78, 5) is 28.3. The smallest absolute Gasteiger partial charge is 0.410 e. The number of fused-ring (bicyclic) bond motifs is 1. The minimum atomic E-state index is -0.600. The van der Waals surface area contributed by atoms with Crippen molar-refractivity contribution in [3.63, 3.8) is 0 Å². The number of hydrogen-bond acceptors (Lipinski definition) is 7. The number of hydrogen-bond donors (Lipinski definition) is 2. The van der Waals surface area contributed by atoms with Crippen LogP contribution in [-0.4, -0.2) is 54.7 Å². The third-order valence-corrected chi connectivity index (χ3v) is 5.61. The minimum absolute atomic E-state index is 0.0186. The highest BCUT2D eigenvalue weighted by molar-refractivity contribution is 7.16. The molecular weight excluding hydrogens is 408 g/mol. The summed E-state index contributed by atoms with van der Waals surface area (Å²) in [5, 5.41) is 9.95. The molecule has 1 amide bonds. The van der Waals surface area contributed by atoms with Gasteiger partial charge in [-0.2, -0.15) is 0 Å². The summed E-state index contributed by atoms with van der Waals surface area (Å²) in [6, 6.07) is 12.7. The molecule has 0 aliphatic rings.